The summed E-state index contributed by atoms with van der Waals surface area (Å²) in [7, 11) is 3.31. The average molecular weight is 357 g/mol. The van der Waals surface area contributed by atoms with Crippen LogP contribution in [0.5, 0.6) is 17.2 Å². The van der Waals surface area contributed by atoms with Gasteiger partial charge in [0.15, 0.2) is 0 Å². The van der Waals surface area contributed by atoms with Crippen LogP contribution in [0.1, 0.15) is 18.4 Å². The summed E-state index contributed by atoms with van der Waals surface area (Å²) < 4.78 is 16.0. The van der Waals surface area contributed by atoms with Crippen LogP contribution in [0.4, 0.5) is 0 Å². The Morgan fingerprint density at radius 1 is 0.923 bits per heavy atom. The monoisotopic (exact) mass is 357 g/mol. The molecule has 1 N–H and O–H groups in total. The molecule has 1 atom stereocenters. The zero-order valence-corrected chi connectivity index (χ0v) is 15.4. The van der Waals surface area contributed by atoms with Crippen LogP contribution in [-0.2, 0) is 6.54 Å². The topological polar surface area (TPSA) is 51.2 Å². The standard InChI is InChI=1S/C21H27NO4/c1-24-19-7-3-16(4-8-19)13-22(17-5-6-17)14-18(23)15-26-21-11-9-20(25-2)10-12-21/h3-4,7-12,17-18,23H,5-6,13-15H2,1-2H3/t18-/m1/s1. The number of aliphatic hydroxyl groups excluding tert-OH is 1. The lowest BCUT2D eigenvalue weighted by Crippen LogP contribution is -2.36. The van der Waals surface area contributed by atoms with E-state index in [9.17, 15) is 5.11 Å². The van der Waals surface area contributed by atoms with Crippen LogP contribution in [0.3, 0.4) is 0 Å². The predicted molar refractivity (Wildman–Crippen MR) is 101 cm³/mol. The summed E-state index contributed by atoms with van der Waals surface area (Å²) in [5, 5.41) is 10.4. The van der Waals surface area contributed by atoms with E-state index in [1.165, 1.54) is 18.4 Å². The minimum Gasteiger partial charge on any atom is -0.497 e. The van der Waals surface area contributed by atoms with E-state index in [4.69, 9.17) is 14.2 Å². The van der Waals surface area contributed by atoms with E-state index >= 15 is 0 Å². The highest BCUT2D eigenvalue weighted by atomic mass is 16.5. The second-order valence-electron chi connectivity index (χ2n) is 6.65. The zero-order chi connectivity index (χ0) is 18.4. The van der Waals surface area contributed by atoms with Crippen LogP contribution in [0, 0.1) is 0 Å². The van der Waals surface area contributed by atoms with Gasteiger partial charge in [-0.3, -0.25) is 4.90 Å². The molecule has 140 valence electrons. The molecule has 0 aromatic heterocycles. The number of hydrogen-bond donors (Lipinski definition) is 1. The Morgan fingerprint density at radius 3 is 2.00 bits per heavy atom. The van der Waals surface area contributed by atoms with E-state index in [-0.39, 0.29) is 6.61 Å². The first kappa shape index (κ1) is 18.5. The smallest absolute Gasteiger partial charge is 0.119 e. The predicted octanol–water partition coefficient (Wildman–Crippen LogP) is 3.11. The Balaban J connectivity index is 1.50. The summed E-state index contributed by atoms with van der Waals surface area (Å²) in [6.07, 6.45) is 1.86. The van der Waals surface area contributed by atoms with Crippen molar-refractivity contribution in [2.45, 2.75) is 31.5 Å². The highest BCUT2D eigenvalue weighted by molar-refractivity contribution is 5.31. The molecule has 0 aliphatic heterocycles. The van der Waals surface area contributed by atoms with Gasteiger partial charge in [-0.05, 0) is 54.8 Å². The summed E-state index contributed by atoms with van der Waals surface area (Å²) in [5.74, 6) is 2.38. The molecule has 1 fully saturated rings. The van der Waals surface area contributed by atoms with E-state index in [1.54, 1.807) is 14.2 Å². The Labute approximate surface area is 155 Å². The SMILES string of the molecule is COc1ccc(CN(C[C@@H](O)COc2ccc(OC)cc2)C2CC2)cc1. The zero-order valence-electron chi connectivity index (χ0n) is 15.4. The van der Waals surface area contributed by atoms with Crippen molar-refractivity contribution in [3.05, 3.63) is 54.1 Å². The van der Waals surface area contributed by atoms with Crippen LogP contribution < -0.4 is 14.2 Å². The highest BCUT2D eigenvalue weighted by Gasteiger charge is 2.30. The molecular weight excluding hydrogens is 330 g/mol. The molecule has 0 unspecified atom stereocenters. The fraction of sp³-hybridized carbons (Fsp3) is 0.429. The summed E-state index contributed by atoms with van der Waals surface area (Å²) in [6, 6.07) is 16.1. The van der Waals surface area contributed by atoms with Gasteiger partial charge in [-0.2, -0.15) is 0 Å². The van der Waals surface area contributed by atoms with E-state index < -0.39 is 6.10 Å². The molecule has 1 aliphatic rings. The van der Waals surface area contributed by atoms with Crippen molar-refractivity contribution in [3.8, 4) is 17.2 Å². The van der Waals surface area contributed by atoms with Gasteiger partial charge in [-0.1, -0.05) is 12.1 Å². The van der Waals surface area contributed by atoms with Gasteiger partial charge >= 0.3 is 0 Å². The number of hydrogen-bond acceptors (Lipinski definition) is 5. The first-order valence-corrected chi connectivity index (χ1v) is 9.00. The van der Waals surface area contributed by atoms with Crippen LogP contribution in [-0.4, -0.2) is 49.5 Å². The molecule has 5 nitrogen and oxygen atoms in total. The second-order valence-corrected chi connectivity index (χ2v) is 6.65. The molecule has 2 aromatic rings. The fourth-order valence-electron chi connectivity index (χ4n) is 2.94. The largest absolute Gasteiger partial charge is 0.497 e. The normalized spacial score (nSPS) is 14.9. The van der Waals surface area contributed by atoms with Crippen LogP contribution in [0.15, 0.2) is 48.5 Å². The van der Waals surface area contributed by atoms with Gasteiger partial charge in [-0.15, -0.1) is 0 Å². The van der Waals surface area contributed by atoms with E-state index in [2.05, 4.69) is 17.0 Å². The van der Waals surface area contributed by atoms with Gasteiger partial charge < -0.3 is 19.3 Å². The Hall–Kier alpha value is -2.24. The van der Waals surface area contributed by atoms with Crippen molar-refractivity contribution in [1.82, 2.24) is 4.90 Å². The van der Waals surface area contributed by atoms with Crippen LogP contribution in [0.2, 0.25) is 0 Å². The number of methoxy groups -OCH3 is 2. The van der Waals surface area contributed by atoms with Crippen LogP contribution >= 0.6 is 0 Å². The molecule has 0 bridgehead atoms. The quantitative estimate of drug-likeness (QED) is 0.708. The first-order valence-electron chi connectivity index (χ1n) is 9.00. The van der Waals surface area contributed by atoms with Crippen molar-refractivity contribution >= 4 is 0 Å². The molecule has 3 rings (SSSR count). The van der Waals surface area contributed by atoms with Gasteiger partial charge in [0.2, 0.25) is 0 Å². The van der Waals surface area contributed by atoms with E-state index in [0.717, 1.165) is 23.8 Å². The number of benzene rings is 2. The van der Waals surface area contributed by atoms with Gasteiger partial charge in [0, 0.05) is 19.1 Å². The maximum Gasteiger partial charge on any atom is 0.119 e. The first-order chi connectivity index (χ1) is 12.7. The summed E-state index contributed by atoms with van der Waals surface area (Å²) in [5.41, 5.74) is 1.22. The molecule has 0 amide bonds. The van der Waals surface area contributed by atoms with E-state index in [1.807, 2.05) is 36.4 Å². The number of aliphatic hydroxyl groups is 1. The third-order valence-corrected chi connectivity index (χ3v) is 4.56. The van der Waals surface area contributed by atoms with Gasteiger partial charge in [0.25, 0.3) is 0 Å². The molecule has 0 spiro atoms. The van der Waals surface area contributed by atoms with Gasteiger partial charge in [-0.25, -0.2) is 0 Å². The molecule has 0 heterocycles. The Morgan fingerprint density at radius 2 is 1.46 bits per heavy atom. The molecule has 1 saturated carbocycles. The molecule has 5 heteroatoms. The third-order valence-electron chi connectivity index (χ3n) is 4.56. The Kier molecular flexibility index (Phi) is 6.36. The van der Waals surface area contributed by atoms with E-state index in [0.29, 0.717) is 12.6 Å². The molecule has 0 radical (unpaired) electrons. The molecule has 0 saturated heterocycles. The van der Waals surface area contributed by atoms with Crippen molar-refractivity contribution in [3.63, 3.8) is 0 Å². The summed E-state index contributed by atoms with van der Waals surface area (Å²) in [6.45, 7) is 1.71. The maximum atomic E-state index is 10.4. The van der Waals surface area contributed by atoms with Crippen molar-refractivity contribution in [2.75, 3.05) is 27.4 Å². The fourth-order valence-corrected chi connectivity index (χ4v) is 2.94. The molecule has 1 aliphatic carbocycles. The lowest BCUT2D eigenvalue weighted by molar-refractivity contribution is 0.0626. The number of ether oxygens (including phenoxy) is 3. The maximum absolute atomic E-state index is 10.4. The average Bonchev–Trinajstić information content (AvgIpc) is 3.52. The minimum atomic E-state index is -0.532. The summed E-state index contributed by atoms with van der Waals surface area (Å²) >= 11 is 0. The van der Waals surface area contributed by atoms with Crippen molar-refractivity contribution < 1.29 is 19.3 Å². The van der Waals surface area contributed by atoms with Gasteiger partial charge in [0.05, 0.1) is 14.2 Å². The van der Waals surface area contributed by atoms with Crippen molar-refractivity contribution in [2.24, 2.45) is 0 Å². The lowest BCUT2D eigenvalue weighted by atomic mass is 10.2. The highest BCUT2D eigenvalue weighted by Crippen LogP contribution is 2.29. The van der Waals surface area contributed by atoms with Crippen LogP contribution in [0.25, 0.3) is 0 Å². The Bertz CT molecular complexity index is 667. The second kappa shape index (κ2) is 8.92. The third kappa shape index (κ3) is 5.38. The lowest BCUT2D eigenvalue weighted by Gasteiger charge is -2.25. The molecular formula is C21H27NO4. The molecule has 2 aromatic carbocycles. The van der Waals surface area contributed by atoms with Crippen molar-refractivity contribution in [1.29, 1.82) is 0 Å². The number of nitrogens with zero attached hydrogens (tertiary/aromatic N) is 1. The molecule has 26 heavy (non-hydrogen) atoms. The minimum absolute atomic E-state index is 0.276. The van der Waals surface area contributed by atoms with Gasteiger partial charge in [0.1, 0.15) is 30.0 Å². The number of rotatable bonds is 10. The summed E-state index contributed by atoms with van der Waals surface area (Å²) in [4.78, 5) is 2.34.